The van der Waals surface area contributed by atoms with E-state index in [1.807, 2.05) is 30.3 Å². The number of carbonyl (C=O) groups is 1. The number of furan rings is 1. The first-order chi connectivity index (χ1) is 11.6. The number of halogens is 1. The summed E-state index contributed by atoms with van der Waals surface area (Å²) in [6.07, 6.45) is 2.04. The number of nitrogens with one attached hydrogen (secondary N) is 1. The minimum Gasteiger partial charge on any atom is -0.475 e. The molecule has 0 atom stereocenters. The van der Waals surface area contributed by atoms with Gasteiger partial charge in [-0.2, -0.15) is 0 Å². The number of carboxylic acid groups (broad SMARTS) is 1. The fourth-order valence-electron chi connectivity index (χ4n) is 2.64. The van der Waals surface area contributed by atoms with Gasteiger partial charge in [0, 0.05) is 22.6 Å². The maximum atomic E-state index is 11.0. The Hall–Kier alpha value is -2.46. The second-order valence-corrected chi connectivity index (χ2v) is 6.10. The maximum absolute atomic E-state index is 11.0. The monoisotopic (exact) mass is 343 g/mol. The van der Waals surface area contributed by atoms with Gasteiger partial charge in [-0.15, -0.1) is 0 Å². The topological polar surface area (TPSA) is 62.5 Å². The Labute approximate surface area is 145 Å². The summed E-state index contributed by atoms with van der Waals surface area (Å²) in [7, 11) is 0. The summed E-state index contributed by atoms with van der Waals surface area (Å²) in [6, 6.07) is 13.2. The highest BCUT2D eigenvalue weighted by Crippen LogP contribution is 2.24. The standard InChI is InChI=1S/C19H18ClNO3/c1-2-3-13-5-6-15(10-16(13)20)21-11-12-4-7-17-14(8-12)9-18(24-17)19(22)23/h4-10,21H,2-3,11H2,1H3,(H,22,23). The highest BCUT2D eigenvalue weighted by atomic mass is 35.5. The lowest BCUT2D eigenvalue weighted by atomic mass is 10.1. The quantitative estimate of drug-likeness (QED) is 0.633. The zero-order chi connectivity index (χ0) is 17.1. The second-order valence-electron chi connectivity index (χ2n) is 5.70. The molecule has 0 bridgehead atoms. The first-order valence-electron chi connectivity index (χ1n) is 7.85. The van der Waals surface area contributed by atoms with Gasteiger partial charge in [-0.3, -0.25) is 0 Å². The molecule has 0 radical (unpaired) electrons. The molecule has 0 fully saturated rings. The van der Waals surface area contributed by atoms with Crippen molar-refractivity contribution < 1.29 is 14.3 Å². The van der Waals surface area contributed by atoms with Crippen LogP contribution in [0.4, 0.5) is 5.69 Å². The zero-order valence-corrected chi connectivity index (χ0v) is 14.1. The van der Waals surface area contributed by atoms with E-state index in [9.17, 15) is 4.79 Å². The van der Waals surface area contributed by atoms with E-state index in [4.69, 9.17) is 21.1 Å². The third-order valence-electron chi connectivity index (χ3n) is 3.86. The molecule has 0 saturated heterocycles. The highest BCUT2D eigenvalue weighted by molar-refractivity contribution is 6.31. The predicted octanol–water partition coefficient (Wildman–Crippen LogP) is 5.35. The first-order valence-corrected chi connectivity index (χ1v) is 8.22. The van der Waals surface area contributed by atoms with Crippen LogP contribution in [-0.4, -0.2) is 11.1 Å². The van der Waals surface area contributed by atoms with Gasteiger partial charge in [-0.25, -0.2) is 4.79 Å². The zero-order valence-electron chi connectivity index (χ0n) is 13.3. The summed E-state index contributed by atoms with van der Waals surface area (Å²) < 4.78 is 5.26. The Bertz CT molecular complexity index is 885. The van der Waals surface area contributed by atoms with Crippen molar-refractivity contribution in [3.63, 3.8) is 0 Å². The molecule has 1 aromatic heterocycles. The number of carboxylic acids is 1. The van der Waals surface area contributed by atoms with Crippen molar-refractivity contribution in [2.24, 2.45) is 0 Å². The SMILES string of the molecule is CCCc1ccc(NCc2ccc3oc(C(=O)O)cc3c2)cc1Cl. The van der Waals surface area contributed by atoms with E-state index in [1.54, 1.807) is 6.07 Å². The molecule has 4 nitrogen and oxygen atoms in total. The van der Waals surface area contributed by atoms with Gasteiger partial charge in [0.1, 0.15) is 5.58 Å². The van der Waals surface area contributed by atoms with Gasteiger partial charge in [0.05, 0.1) is 0 Å². The van der Waals surface area contributed by atoms with E-state index in [-0.39, 0.29) is 5.76 Å². The summed E-state index contributed by atoms with van der Waals surface area (Å²) in [6.45, 7) is 2.75. The van der Waals surface area contributed by atoms with Gasteiger partial charge in [-0.1, -0.05) is 37.1 Å². The summed E-state index contributed by atoms with van der Waals surface area (Å²) in [5, 5.41) is 13.9. The fourth-order valence-corrected chi connectivity index (χ4v) is 2.92. The number of rotatable bonds is 6. The van der Waals surface area contributed by atoms with Gasteiger partial charge < -0.3 is 14.8 Å². The summed E-state index contributed by atoms with van der Waals surface area (Å²) in [5.74, 6) is -1.11. The highest BCUT2D eigenvalue weighted by Gasteiger charge is 2.10. The minimum atomic E-state index is -1.06. The molecule has 3 rings (SSSR count). The minimum absolute atomic E-state index is 0.0478. The van der Waals surface area contributed by atoms with Crippen LogP contribution in [0, 0.1) is 0 Å². The molecule has 0 aliphatic heterocycles. The molecule has 0 aliphatic carbocycles. The molecule has 2 N–H and O–H groups in total. The largest absolute Gasteiger partial charge is 0.475 e. The predicted molar refractivity (Wildman–Crippen MR) is 95.9 cm³/mol. The van der Waals surface area contributed by atoms with Crippen LogP contribution in [0.3, 0.4) is 0 Å². The molecule has 0 aliphatic rings. The van der Waals surface area contributed by atoms with Crippen LogP contribution in [0.15, 0.2) is 46.9 Å². The van der Waals surface area contributed by atoms with Crippen LogP contribution in [0.25, 0.3) is 11.0 Å². The van der Waals surface area contributed by atoms with Crippen LogP contribution in [0.2, 0.25) is 5.02 Å². The van der Waals surface area contributed by atoms with E-state index in [2.05, 4.69) is 12.2 Å². The molecular formula is C19H18ClNO3. The average Bonchev–Trinajstić information content (AvgIpc) is 2.99. The Morgan fingerprint density at radius 1 is 1.21 bits per heavy atom. The molecule has 3 aromatic rings. The molecule has 0 saturated carbocycles. The van der Waals surface area contributed by atoms with E-state index in [0.29, 0.717) is 12.1 Å². The van der Waals surface area contributed by atoms with Crippen LogP contribution >= 0.6 is 11.6 Å². The molecule has 0 spiro atoms. The molecule has 24 heavy (non-hydrogen) atoms. The third-order valence-corrected chi connectivity index (χ3v) is 4.21. The van der Waals surface area contributed by atoms with Crippen molar-refractivity contribution in [2.75, 3.05) is 5.32 Å². The fraction of sp³-hybridized carbons (Fsp3) is 0.211. The lowest BCUT2D eigenvalue weighted by Crippen LogP contribution is -1.99. The summed E-state index contributed by atoms with van der Waals surface area (Å²) >= 11 is 6.29. The molecule has 2 aromatic carbocycles. The lowest BCUT2D eigenvalue weighted by Gasteiger charge is -2.09. The van der Waals surface area contributed by atoms with Gasteiger partial charge >= 0.3 is 5.97 Å². The number of aromatic carboxylic acids is 1. The van der Waals surface area contributed by atoms with Crippen LogP contribution in [0.1, 0.15) is 35.0 Å². The van der Waals surface area contributed by atoms with Crippen LogP contribution in [-0.2, 0) is 13.0 Å². The third kappa shape index (κ3) is 3.54. The first kappa shape index (κ1) is 16.4. The van der Waals surface area contributed by atoms with E-state index >= 15 is 0 Å². The summed E-state index contributed by atoms with van der Waals surface area (Å²) in [5.41, 5.74) is 3.72. The van der Waals surface area contributed by atoms with Crippen molar-refractivity contribution in [1.29, 1.82) is 0 Å². The van der Waals surface area contributed by atoms with Crippen molar-refractivity contribution in [3.8, 4) is 0 Å². The number of anilines is 1. The molecule has 0 unspecified atom stereocenters. The Morgan fingerprint density at radius 2 is 2.04 bits per heavy atom. The number of benzene rings is 2. The van der Waals surface area contributed by atoms with Gasteiger partial charge in [-0.05, 0) is 47.9 Å². The number of fused-ring (bicyclic) bond motifs is 1. The Morgan fingerprint density at radius 3 is 2.75 bits per heavy atom. The van der Waals surface area contributed by atoms with Crippen molar-refractivity contribution in [1.82, 2.24) is 0 Å². The van der Waals surface area contributed by atoms with Crippen molar-refractivity contribution >= 4 is 34.2 Å². The lowest BCUT2D eigenvalue weighted by molar-refractivity contribution is 0.0665. The van der Waals surface area contributed by atoms with Gasteiger partial charge in [0.15, 0.2) is 0 Å². The number of aryl methyl sites for hydroxylation is 1. The molecule has 124 valence electrons. The molecule has 1 heterocycles. The van der Waals surface area contributed by atoms with E-state index < -0.39 is 5.97 Å². The van der Waals surface area contributed by atoms with Gasteiger partial charge in [0.2, 0.25) is 5.76 Å². The maximum Gasteiger partial charge on any atom is 0.371 e. The van der Waals surface area contributed by atoms with Crippen molar-refractivity contribution in [2.45, 2.75) is 26.3 Å². The smallest absolute Gasteiger partial charge is 0.371 e. The van der Waals surface area contributed by atoms with Crippen LogP contribution in [0.5, 0.6) is 0 Å². The second kappa shape index (κ2) is 6.97. The van der Waals surface area contributed by atoms with E-state index in [1.165, 1.54) is 6.07 Å². The Kier molecular flexibility index (Phi) is 4.76. The molecule has 5 heteroatoms. The van der Waals surface area contributed by atoms with Gasteiger partial charge in [0.25, 0.3) is 0 Å². The van der Waals surface area contributed by atoms with Crippen molar-refractivity contribution in [3.05, 3.63) is 64.4 Å². The summed E-state index contributed by atoms with van der Waals surface area (Å²) in [4.78, 5) is 11.0. The Balaban J connectivity index is 1.73. The van der Waals surface area contributed by atoms with E-state index in [0.717, 1.165) is 40.1 Å². The molecule has 0 amide bonds. The number of hydrogen-bond donors (Lipinski definition) is 2. The molecular weight excluding hydrogens is 326 g/mol. The average molecular weight is 344 g/mol. The van der Waals surface area contributed by atoms with Crippen LogP contribution < -0.4 is 5.32 Å². The normalized spacial score (nSPS) is 10.9. The number of hydrogen-bond acceptors (Lipinski definition) is 3.